The number of hydrogen-bond acceptors (Lipinski definition) is 3. The van der Waals surface area contributed by atoms with Crippen LogP contribution in [0.3, 0.4) is 0 Å². The van der Waals surface area contributed by atoms with E-state index < -0.39 is 0 Å². The molecule has 0 bridgehead atoms. The summed E-state index contributed by atoms with van der Waals surface area (Å²) in [7, 11) is 0. The number of para-hydroxylation sites is 1. The lowest BCUT2D eigenvalue weighted by atomic mass is 10.2. The molecule has 92 valence electrons. The highest BCUT2D eigenvalue weighted by Gasteiger charge is 2.07. The van der Waals surface area contributed by atoms with Crippen LogP contribution in [0.25, 0.3) is 11.0 Å². The van der Waals surface area contributed by atoms with E-state index in [9.17, 15) is 0 Å². The molecule has 1 aromatic carbocycles. The van der Waals surface area contributed by atoms with Gasteiger partial charge in [-0.05, 0) is 30.8 Å². The van der Waals surface area contributed by atoms with Gasteiger partial charge in [0, 0.05) is 18.3 Å². The Morgan fingerprint density at radius 3 is 3.11 bits per heavy atom. The molecule has 0 radical (unpaired) electrons. The van der Waals surface area contributed by atoms with Gasteiger partial charge < -0.3 is 9.55 Å². The number of H-pyrrole nitrogens is 1. The number of fused-ring (bicyclic) bond motifs is 1. The zero-order valence-electron chi connectivity index (χ0n) is 10.0. The van der Waals surface area contributed by atoms with E-state index in [1.165, 1.54) is 11.1 Å². The summed E-state index contributed by atoms with van der Waals surface area (Å²) in [5.41, 5.74) is 6.56. The third kappa shape index (κ3) is 2.00. The predicted molar refractivity (Wildman–Crippen MR) is 77.7 cm³/mol. The highest BCUT2D eigenvalue weighted by atomic mass is 32.1. The minimum atomic E-state index is 0.787. The molecule has 1 N–H and O–H groups in total. The Bertz CT molecular complexity index is 722. The molecule has 0 atom stereocenters. The van der Waals surface area contributed by atoms with Crippen molar-refractivity contribution in [2.24, 2.45) is 0 Å². The van der Waals surface area contributed by atoms with Crippen LogP contribution in [0.1, 0.15) is 11.3 Å². The van der Waals surface area contributed by atoms with Gasteiger partial charge >= 0.3 is 0 Å². The molecule has 0 aliphatic rings. The smallest absolute Gasteiger partial charge is 0.178 e. The highest BCUT2D eigenvalue weighted by molar-refractivity contribution is 7.71. The minimum Gasteiger partial charge on any atom is -0.331 e. The van der Waals surface area contributed by atoms with Gasteiger partial charge in [0.2, 0.25) is 0 Å². The Balaban J connectivity index is 2.01. The van der Waals surface area contributed by atoms with Gasteiger partial charge in [-0.1, -0.05) is 12.1 Å². The number of thiazole rings is 1. The van der Waals surface area contributed by atoms with Crippen LogP contribution in [0, 0.1) is 11.7 Å². The monoisotopic (exact) mass is 275 g/mol. The minimum absolute atomic E-state index is 0.787. The van der Waals surface area contributed by atoms with Gasteiger partial charge in [0.05, 0.1) is 22.2 Å². The Labute approximate surface area is 114 Å². The normalized spacial score (nSPS) is 11.2. The highest BCUT2D eigenvalue weighted by Crippen LogP contribution is 2.18. The molecule has 0 saturated carbocycles. The predicted octanol–water partition coefficient (Wildman–Crippen LogP) is 3.71. The van der Waals surface area contributed by atoms with E-state index in [2.05, 4.69) is 39.0 Å². The first-order valence-corrected chi connectivity index (χ1v) is 7.16. The summed E-state index contributed by atoms with van der Waals surface area (Å²) in [5, 5.41) is 2.09. The maximum atomic E-state index is 5.40. The van der Waals surface area contributed by atoms with Crippen molar-refractivity contribution in [2.75, 3.05) is 0 Å². The van der Waals surface area contributed by atoms with Crippen molar-refractivity contribution in [2.45, 2.75) is 19.9 Å². The quantitative estimate of drug-likeness (QED) is 0.739. The Kier molecular flexibility index (Phi) is 3.01. The molecule has 18 heavy (non-hydrogen) atoms. The summed E-state index contributed by atoms with van der Waals surface area (Å²) in [4.78, 5) is 7.57. The summed E-state index contributed by atoms with van der Waals surface area (Å²) in [6.45, 7) is 2.98. The van der Waals surface area contributed by atoms with Crippen molar-refractivity contribution >= 4 is 34.6 Å². The fourth-order valence-electron chi connectivity index (χ4n) is 2.20. The van der Waals surface area contributed by atoms with Gasteiger partial charge in [-0.25, -0.2) is 4.98 Å². The van der Waals surface area contributed by atoms with Crippen LogP contribution in [0.15, 0.2) is 29.1 Å². The van der Waals surface area contributed by atoms with Crippen molar-refractivity contribution in [3.63, 3.8) is 0 Å². The van der Waals surface area contributed by atoms with E-state index in [1.807, 2.05) is 11.6 Å². The fraction of sp³-hybridized carbons (Fsp3) is 0.231. The summed E-state index contributed by atoms with van der Waals surface area (Å²) >= 11 is 7.03. The van der Waals surface area contributed by atoms with Gasteiger partial charge in [0.25, 0.3) is 0 Å². The number of aromatic nitrogens is 3. The number of hydrogen-bond donors (Lipinski definition) is 1. The summed E-state index contributed by atoms with van der Waals surface area (Å²) in [5.74, 6) is 0. The SMILES string of the molecule is Cc1cccc2[nH]c(=S)n(CCc3cscn3)c12. The number of aromatic amines is 1. The lowest BCUT2D eigenvalue weighted by molar-refractivity contribution is 0.696. The van der Waals surface area contributed by atoms with Gasteiger partial charge in [0.15, 0.2) is 4.77 Å². The third-order valence-corrected chi connectivity index (χ3v) is 4.03. The zero-order chi connectivity index (χ0) is 12.5. The zero-order valence-corrected chi connectivity index (χ0v) is 11.6. The van der Waals surface area contributed by atoms with Crippen molar-refractivity contribution in [3.05, 3.63) is 45.1 Å². The van der Waals surface area contributed by atoms with Crippen LogP contribution < -0.4 is 0 Å². The molecule has 3 rings (SSSR count). The molecule has 5 heteroatoms. The maximum absolute atomic E-state index is 5.40. The lowest BCUT2D eigenvalue weighted by Crippen LogP contribution is -2.02. The second-order valence-corrected chi connectivity index (χ2v) is 5.39. The number of benzene rings is 1. The van der Waals surface area contributed by atoms with Gasteiger partial charge in [-0.3, -0.25) is 0 Å². The van der Waals surface area contributed by atoms with Crippen LogP contribution in [-0.2, 0) is 13.0 Å². The van der Waals surface area contributed by atoms with Gasteiger partial charge in [-0.15, -0.1) is 11.3 Å². The van der Waals surface area contributed by atoms with E-state index in [4.69, 9.17) is 12.2 Å². The van der Waals surface area contributed by atoms with Crippen LogP contribution in [0.2, 0.25) is 0 Å². The van der Waals surface area contributed by atoms with E-state index in [-0.39, 0.29) is 0 Å². The lowest BCUT2D eigenvalue weighted by Gasteiger charge is -2.05. The fourth-order valence-corrected chi connectivity index (χ4v) is 3.09. The van der Waals surface area contributed by atoms with E-state index >= 15 is 0 Å². The summed E-state index contributed by atoms with van der Waals surface area (Å²) in [6.07, 6.45) is 0.916. The topological polar surface area (TPSA) is 33.6 Å². The van der Waals surface area contributed by atoms with Crippen LogP contribution in [-0.4, -0.2) is 14.5 Å². The molecule has 0 saturated heterocycles. The number of aryl methyl sites for hydroxylation is 3. The second kappa shape index (κ2) is 4.66. The first-order chi connectivity index (χ1) is 8.75. The molecule has 3 nitrogen and oxygen atoms in total. The van der Waals surface area contributed by atoms with Crippen molar-refractivity contribution in [1.29, 1.82) is 0 Å². The molecule has 0 unspecified atom stereocenters. The maximum Gasteiger partial charge on any atom is 0.178 e. The number of rotatable bonds is 3. The van der Waals surface area contributed by atoms with Crippen molar-refractivity contribution in [3.8, 4) is 0 Å². The molecule has 3 aromatic rings. The molecule has 2 heterocycles. The first-order valence-electron chi connectivity index (χ1n) is 5.81. The Hall–Kier alpha value is -1.46. The summed E-state index contributed by atoms with van der Waals surface area (Å²) < 4.78 is 2.95. The van der Waals surface area contributed by atoms with Crippen LogP contribution >= 0.6 is 23.6 Å². The van der Waals surface area contributed by atoms with Gasteiger partial charge in [-0.2, -0.15) is 0 Å². The third-order valence-electron chi connectivity index (χ3n) is 3.07. The second-order valence-electron chi connectivity index (χ2n) is 4.28. The molecule has 0 amide bonds. The average molecular weight is 275 g/mol. The van der Waals surface area contributed by atoms with E-state index in [0.29, 0.717) is 0 Å². The van der Waals surface area contributed by atoms with Gasteiger partial charge in [0.1, 0.15) is 0 Å². The Morgan fingerprint density at radius 2 is 2.33 bits per heavy atom. The van der Waals surface area contributed by atoms with E-state index in [1.54, 1.807) is 11.3 Å². The number of nitrogens with one attached hydrogen (secondary N) is 1. The first kappa shape index (κ1) is 11.6. The Morgan fingerprint density at radius 1 is 1.44 bits per heavy atom. The van der Waals surface area contributed by atoms with Crippen molar-refractivity contribution < 1.29 is 0 Å². The van der Waals surface area contributed by atoms with E-state index in [0.717, 1.165) is 28.9 Å². The molecule has 2 aromatic heterocycles. The standard InChI is InChI=1S/C13H13N3S2/c1-9-3-2-4-11-12(9)16(13(17)15-11)6-5-10-7-18-8-14-10/h2-4,7-8H,5-6H2,1H3,(H,15,17). The van der Waals surface area contributed by atoms with Crippen LogP contribution in [0.5, 0.6) is 0 Å². The average Bonchev–Trinajstić information content (AvgIpc) is 2.94. The number of nitrogens with zero attached hydrogens (tertiary/aromatic N) is 2. The molecular weight excluding hydrogens is 262 g/mol. The molecule has 0 aliphatic heterocycles. The summed E-state index contributed by atoms with van der Waals surface area (Å²) in [6, 6.07) is 6.23. The largest absolute Gasteiger partial charge is 0.331 e. The molecular formula is C13H13N3S2. The molecule has 0 aliphatic carbocycles. The van der Waals surface area contributed by atoms with Crippen LogP contribution in [0.4, 0.5) is 0 Å². The molecule has 0 spiro atoms. The number of imidazole rings is 1. The van der Waals surface area contributed by atoms with Crippen molar-refractivity contribution in [1.82, 2.24) is 14.5 Å². The molecule has 0 fully saturated rings.